The maximum absolute atomic E-state index is 12.3. The monoisotopic (exact) mass is 378 g/mol. The van der Waals surface area contributed by atoms with Gasteiger partial charge in [-0.2, -0.15) is 0 Å². The molecule has 0 aromatic rings. The van der Waals surface area contributed by atoms with Crippen molar-refractivity contribution in [1.29, 1.82) is 0 Å². The van der Waals surface area contributed by atoms with Crippen molar-refractivity contribution < 1.29 is 19.1 Å². The number of Topliss-reactive ketones (excluding diaryl/α,β-unsaturated/α-hetero) is 1. The number of methoxy groups -OCH3 is 2. The Balaban J connectivity index is 2.07. The molecule has 154 valence electrons. The summed E-state index contributed by atoms with van der Waals surface area (Å²) in [6.07, 6.45) is 18.8. The zero-order valence-corrected chi connectivity index (χ0v) is 17.6. The zero-order chi connectivity index (χ0) is 19.9. The molecule has 0 heterocycles. The van der Waals surface area contributed by atoms with E-state index in [-0.39, 0.29) is 23.1 Å². The first-order valence-corrected chi connectivity index (χ1v) is 10.8. The molecule has 0 aromatic carbocycles. The van der Waals surface area contributed by atoms with Crippen molar-refractivity contribution >= 4 is 11.6 Å². The highest BCUT2D eigenvalue weighted by Gasteiger charge is 2.30. The number of allylic oxidation sites excluding steroid dienone is 2. The summed E-state index contributed by atoms with van der Waals surface area (Å²) in [4.78, 5) is 24.3. The van der Waals surface area contributed by atoms with Gasteiger partial charge >= 0.3 is 0 Å². The fraction of sp³-hybridized carbons (Fsp3) is 0.739. The van der Waals surface area contributed by atoms with Gasteiger partial charge < -0.3 is 9.47 Å². The smallest absolute Gasteiger partial charge is 0.227 e. The van der Waals surface area contributed by atoms with Gasteiger partial charge in [-0.15, -0.1) is 0 Å². The van der Waals surface area contributed by atoms with Gasteiger partial charge in [-0.1, -0.05) is 84.0 Å². The fourth-order valence-electron chi connectivity index (χ4n) is 3.55. The van der Waals surface area contributed by atoms with Crippen LogP contribution in [0.2, 0.25) is 0 Å². The summed E-state index contributed by atoms with van der Waals surface area (Å²) in [5.74, 6) is -0.446. The molecule has 0 aromatic heterocycles. The molecule has 4 nitrogen and oxygen atoms in total. The number of rotatable bonds is 16. The van der Waals surface area contributed by atoms with E-state index in [1.165, 1.54) is 90.9 Å². The van der Waals surface area contributed by atoms with Gasteiger partial charge in [-0.3, -0.25) is 9.59 Å². The van der Waals surface area contributed by atoms with Crippen LogP contribution in [0.3, 0.4) is 0 Å². The molecule has 1 aliphatic rings. The number of carbonyl (C=O) groups excluding carboxylic acids is 2. The van der Waals surface area contributed by atoms with E-state index in [0.717, 1.165) is 12.8 Å². The van der Waals surface area contributed by atoms with E-state index < -0.39 is 0 Å². The standard InChI is InChI=1S/C23H38O4/c1-4-5-6-7-8-9-10-11-12-13-14-15-16-17-19-18-20(24)22(26-2)23(27-3)21(19)25/h18H,4-17H2,1-3H3. The van der Waals surface area contributed by atoms with Gasteiger partial charge in [-0.05, 0) is 18.9 Å². The first kappa shape index (κ1) is 23.5. The van der Waals surface area contributed by atoms with Crippen LogP contribution in [0, 0.1) is 0 Å². The summed E-state index contributed by atoms with van der Waals surface area (Å²) in [7, 11) is 2.78. The van der Waals surface area contributed by atoms with Crippen LogP contribution in [0.1, 0.15) is 96.8 Å². The van der Waals surface area contributed by atoms with Crippen molar-refractivity contribution in [3.63, 3.8) is 0 Å². The second-order valence-corrected chi connectivity index (χ2v) is 7.42. The summed E-state index contributed by atoms with van der Waals surface area (Å²) in [5.41, 5.74) is 0.542. The number of ether oxygens (including phenoxy) is 2. The SMILES string of the molecule is CCCCCCCCCCCCCCCC1=CC(=O)C(OC)=C(OC)C1=O. The normalized spacial score (nSPS) is 14.6. The van der Waals surface area contributed by atoms with E-state index in [4.69, 9.17) is 9.47 Å². The van der Waals surface area contributed by atoms with Gasteiger partial charge in [0.2, 0.25) is 23.1 Å². The van der Waals surface area contributed by atoms with Crippen LogP contribution in [-0.4, -0.2) is 25.8 Å². The van der Waals surface area contributed by atoms with E-state index in [1.807, 2.05) is 0 Å². The van der Waals surface area contributed by atoms with Crippen LogP contribution in [-0.2, 0) is 19.1 Å². The topological polar surface area (TPSA) is 52.6 Å². The van der Waals surface area contributed by atoms with Gasteiger partial charge in [0.25, 0.3) is 0 Å². The molecule has 0 radical (unpaired) electrons. The van der Waals surface area contributed by atoms with Crippen molar-refractivity contribution in [2.45, 2.75) is 96.8 Å². The number of ketones is 2. The number of hydrogen-bond acceptors (Lipinski definition) is 4. The predicted molar refractivity (Wildman–Crippen MR) is 109 cm³/mol. The summed E-state index contributed by atoms with van der Waals surface area (Å²) < 4.78 is 10.1. The zero-order valence-electron chi connectivity index (χ0n) is 17.6. The summed E-state index contributed by atoms with van der Waals surface area (Å²) >= 11 is 0. The van der Waals surface area contributed by atoms with E-state index in [9.17, 15) is 9.59 Å². The van der Waals surface area contributed by atoms with Crippen molar-refractivity contribution in [2.24, 2.45) is 0 Å². The summed E-state index contributed by atoms with van der Waals surface area (Å²) in [5, 5.41) is 0. The quantitative estimate of drug-likeness (QED) is 0.242. The van der Waals surface area contributed by atoms with Gasteiger partial charge in [0.1, 0.15) is 0 Å². The highest BCUT2D eigenvalue weighted by Crippen LogP contribution is 2.24. The lowest BCUT2D eigenvalue weighted by Crippen LogP contribution is -2.21. The Morgan fingerprint density at radius 3 is 1.56 bits per heavy atom. The Hall–Kier alpha value is -1.58. The van der Waals surface area contributed by atoms with Crippen molar-refractivity contribution in [3.05, 3.63) is 23.2 Å². The minimum atomic E-state index is -0.279. The van der Waals surface area contributed by atoms with Crippen LogP contribution in [0.25, 0.3) is 0 Å². The van der Waals surface area contributed by atoms with E-state index in [2.05, 4.69) is 6.92 Å². The molecule has 0 saturated carbocycles. The molecular weight excluding hydrogens is 340 g/mol. The van der Waals surface area contributed by atoms with Crippen LogP contribution >= 0.6 is 0 Å². The molecule has 27 heavy (non-hydrogen) atoms. The molecule has 1 rings (SSSR count). The highest BCUT2D eigenvalue weighted by atomic mass is 16.5. The minimum absolute atomic E-state index is 0.0108. The van der Waals surface area contributed by atoms with Crippen molar-refractivity contribution in [2.75, 3.05) is 14.2 Å². The molecule has 0 unspecified atom stereocenters. The average Bonchev–Trinajstić information content (AvgIpc) is 2.67. The molecule has 0 aliphatic heterocycles. The van der Waals surface area contributed by atoms with Crippen LogP contribution < -0.4 is 0 Å². The number of unbranched alkanes of at least 4 members (excludes halogenated alkanes) is 12. The maximum Gasteiger partial charge on any atom is 0.227 e. The van der Waals surface area contributed by atoms with Gasteiger partial charge in [-0.25, -0.2) is 0 Å². The third-order valence-corrected chi connectivity index (χ3v) is 5.19. The molecule has 0 spiro atoms. The molecule has 0 fully saturated rings. The van der Waals surface area contributed by atoms with E-state index in [0.29, 0.717) is 12.0 Å². The third kappa shape index (κ3) is 8.77. The van der Waals surface area contributed by atoms with Gasteiger partial charge in [0.05, 0.1) is 14.2 Å². The van der Waals surface area contributed by atoms with Crippen LogP contribution in [0.15, 0.2) is 23.2 Å². The molecule has 0 atom stereocenters. The van der Waals surface area contributed by atoms with Crippen LogP contribution in [0.4, 0.5) is 0 Å². The lowest BCUT2D eigenvalue weighted by molar-refractivity contribution is -0.120. The van der Waals surface area contributed by atoms with Gasteiger partial charge in [0.15, 0.2) is 0 Å². The molecular formula is C23H38O4. The fourth-order valence-corrected chi connectivity index (χ4v) is 3.55. The Labute approximate surface area is 165 Å². The molecule has 0 amide bonds. The lowest BCUT2D eigenvalue weighted by Gasteiger charge is -2.16. The molecule has 4 heteroatoms. The second kappa shape index (κ2) is 14.5. The Bertz CT molecular complexity index is 516. The Morgan fingerprint density at radius 2 is 1.11 bits per heavy atom. The van der Waals surface area contributed by atoms with E-state index in [1.54, 1.807) is 0 Å². The van der Waals surface area contributed by atoms with E-state index >= 15 is 0 Å². The first-order chi connectivity index (χ1) is 13.2. The maximum atomic E-state index is 12.3. The minimum Gasteiger partial charge on any atom is -0.490 e. The molecule has 0 N–H and O–H groups in total. The summed E-state index contributed by atoms with van der Waals surface area (Å²) in [6.45, 7) is 2.26. The van der Waals surface area contributed by atoms with Crippen LogP contribution in [0.5, 0.6) is 0 Å². The van der Waals surface area contributed by atoms with Crippen molar-refractivity contribution in [3.8, 4) is 0 Å². The molecule has 1 aliphatic carbocycles. The lowest BCUT2D eigenvalue weighted by atomic mass is 9.95. The predicted octanol–water partition coefficient (Wildman–Crippen LogP) is 6.05. The third-order valence-electron chi connectivity index (χ3n) is 5.19. The molecule has 0 bridgehead atoms. The second-order valence-electron chi connectivity index (χ2n) is 7.42. The number of carbonyl (C=O) groups is 2. The van der Waals surface area contributed by atoms with Gasteiger partial charge in [0, 0.05) is 5.57 Å². The highest BCUT2D eigenvalue weighted by molar-refractivity contribution is 6.20. The Kier molecular flexibility index (Phi) is 12.6. The Morgan fingerprint density at radius 1 is 0.667 bits per heavy atom. The number of hydrogen-bond donors (Lipinski definition) is 0. The largest absolute Gasteiger partial charge is 0.490 e. The summed E-state index contributed by atoms with van der Waals surface area (Å²) in [6, 6.07) is 0. The average molecular weight is 379 g/mol. The molecule has 0 saturated heterocycles. The first-order valence-electron chi connectivity index (χ1n) is 10.8. The van der Waals surface area contributed by atoms with Crippen molar-refractivity contribution in [1.82, 2.24) is 0 Å².